The number of carbonyl (C=O) groups excluding carboxylic acids is 9. The first kappa shape index (κ1) is 67.7. The molecule has 0 radical (unpaired) electrons. The van der Waals surface area contributed by atoms with Gasteiger partial charge in [-0.1, -0.05) is 114 Å². The standard InChI is InChI=1S/C62H92N12O10/c1-4-5-6-7-8-15-45(75)36-56(78)69-48(21-26-64)54(76)35-43-24-29-67-59(81)53(33-44-37-68-47-17-12-11-16-46(44)47)72-57(79)42(20-25-63)34-55(77)49(22-27-65)70-61(83)51(30-38(2)3)73-62(84)52(74-60(82)50(23-28-66)71-58(43)80)32-39-18-19-40-13-9-10-14-41(40)31-39/h9-14,16-19,31,37-38,42-43,45,48-53,68,75H,4-8,15,20-30,32-36,63-66H2,1-3H3,(H,67,81)(H,69,78)(H,70,83)(H,71,80)(H,72,79)(H,73,84)(H,74,82)/t42-,43-,45-,48-,49+,50+,51+,52-,53+/m1/s1. The van der Waals surface area contributed by atoms with Crippen LogP contribution in [0.2, 0.25) is 0 Å². The molecule has 9 atom stereocenters. The van der Waals surface area contributed by atoms with Gasteiger partial charge in [0.05, 0.1) is 24.6 Å². The molecule has 7 amide bonds. The van der Waals surface area contributed by atoms with E-state index in [4.69, 9.17) is 22.9 Å². The molecule has 0 bridgehead atoms. The van der Waals surface area contributed by atoms with E-state index in [2.05, 4.69) is 49.1 Å². The number of nitrogens with two attached hydrogens (primary N) is 4. The highest BCUT2D eigenvalue weighted by molar-refractivity contribution is 5.99. The van der Waals surface area contributed by atoms with Gasteiger partial charge in [-0.2, -0.15) is 0 Å². The third-order valence-corrected chi connectivity index (χ3v) is 15.4. The lowest BCUT2D eigenvalue weighted by molar-refractivity contribution is -0.136. The summed E-state index contributed by atoms with van der Waals surface area (Å²) >= 11 is 0. The van der Waals surface area contributed by atoms with E-state index >= 15 is 0 Å². The molecule has 5 rings (SSSR count). The zero-order chi connectivity index (χ0) is 61.1. The molecule has 3 aromatic carbocycles. The van der Waals surface area contributed by atoms with Crippen LogP contribution in [0.4, 0.5) is 0 Å². The fraction of sp³-hybridized carbons (Fsp3) is 0.565. The summed E-state index contributed by atoms with van der Waals surface area (Å²) in [5.41, 5.74) is 26.2. The maximum atomic E-state index is 14.8. The van der Waals surface area contributed by atoms with E-state index in [-0.39, 0.29) is 96.4 Å². The van der Waals surface area contributed by atoms with Crippen molar-refractivity contribution in [1.82, 2.24) is 42.2 Å². The minimum absolute atomic E-state index is 0.000942. The van der Waals surface area contributed by atoms with Crippen LogP contribution in [-0.2, 0) is 56.0 Å². The number of Topliss-reactive ketones (excluding diaryl/α,β-unsaturated/α-hetero) is 2. The van der Waals surface area contributed by atoms with Gasteiger partial charge >= 0.3 is 0 Å². The number of unbranched alkanes of at least 4 members (excludes halogenated alkanes) is 4. The number of aliphatic hydroxyl groups excluding tert-OH is 1. The fourth-order valence-electron chi connectivity index (χ4n) is 10.7. The van der Waals surface area contributed by atoms with E-state index in [0.717, 1.165) is 53.8 Å². The van der Waals surface area contributed by atoms with Crippen LogP contribution in [-0.4, -0.2) is 138 Å². The van der Waals surface area contributed by atoms with Crippen molar-refractivity contribution in [2.75, 3.05) is 32.7 Å². The lowest BCUT2D eigenvalue weighted by atomic mass is 9.92. The number of aromatic amines is 1. The van der Waals surface area contributed by atoms with Crippen molar-refractivity contribution < 1.29 is 48.3 Å². The van der Waals surface area contributed by atoms with Crippen LogP contribution >= 0.6 is 0 Å². The Morgan fingerprint density at radius 3 is 1.95 bits per heavy atom. The second-order valence-electron chi connectivity index (χ2n) is 22.7. The van der Waals surface area contributed by atoms with Gasteiger partial charge in [-0.05, 0) is 105 Å². The molecule has 17 N–H and O–H groups in total. The Morgan fingerprint density at radius 2 is 1.24 bits per heavy atom. The molecule has 1 aliphatic rings. The zero-order valence-electron chi connectivity index (χ0n) is 49.2. The number of carbonyl (C=O) groups is 9. The summed E-state index contributed by atoms with van der Waals surface area (Å²) in [7, 11) is 0. The largest absolute Gasteiger partial charge is 0.393 e. The average molecular weight is 1170 g/mol. The van der Waals surface area contributed by atoms with Gasteiger partial charge in [0.25, 0.3) is 0 Å². The number of H-pyrrole nitrogens is 1. The molecule has 84 heavy (non-hydrogen) atoms. The molecule has 1 saturated heterocycles. The van der Waals surface area contributed by atoms with E-state index in [9.17, 15) is 48.3 Å². The number of ketones is 2. The zero-order valence-corrected chi connectivity index (χ0v) is 49.2. The van der Waals surface area contributed by atoms with Gasteiger partial charge in [-0.15, -0.1) is 0 Å². The maximum absolute atomic E-state index is 14.8. The van der Waals surface area contributed by atoms with Gasteiger partial charge in [0.2, 0.25) is 41.4 Å². The molecule has 460 valence electrons. The molecule has 1 fully saturated rings. The van der Waals surface area contributed by atoms with E-state index < -0.39 is 120 Å². The Bertz CT molecular complexity index is 2820. The van der Waals surface area contributed by atoms with Crippen LogP contribution in [0.3, 0.4) is 0 Å². The Balaban J connectivity index is 1.55. The number of aromatic nitrogens is 1. The van der Waals surface area contributed by atoms with Crippen LogP contribution in [0, 0.1) is 17.8 Å². The fourth-order valence-corrected chi connectivity index (χ4v) is 10.7. The SMILES string of the molecule is CCCCCCC[C@@H](O)CC(=O)N[C@H](CCN)C(=O)C[C@H]1CCNC(=O)[C@H](Cc2c[nH]c3ccccc23)NC(=O)[C@H](CCN)CC(=O)[C@H](CCN)NC(=O)[C@H](CC(C)C)NC(=O)[C@@H](Cc2ccc3ccccc3c2)NC(=O)[C@H](CCN)NC1=O. The van der Waals surface area contributed by atoms with Crippen molar-refractivity contribution >= 4 is 74.6 Å². The molecule has 1 aromatic heterocycles. The summed E-state index contributed by atoms with van der Waals surface area (Å²) in [6, 6.07) is 13.0. The van der Waals surface area contributed by atoms with Crippen molar-refractivity contribution in [2.45, 2.75) is 172 Å². The Morgan fingerprint density at radius 1 is 0.631 bits per heavy atom. The molecular formula is C62H92N12O10. The van der Waals surface area contributed by atoms with Crippen LogP contribution in [0.1, 0.15) is 128 Å². The number of aliphatic hydroxyl groups is 1. The molecule has 2 heterocycles. The number of fused-ring (bicyclic) bond motifs is 2. The monoisotopic (exact) mass is 1160 g/mol. The van der Waals surface area contributed by atoms with E-state index in [1.54, 1.807) is 6.20 Å². The summed E-state index contributed by atoms with van der Waals surface area (Å²) in [5.74, 6) is -8.52. The lowest BCUT2D eigenvalue weighted by Gasteiger charge is -2.28. The smallest absolute Gasteiger partial charge is 0.243 e. The summed E-state index contributed by atoms with van der Waals surface area (Å²) < 4.78 is 0. The van der Waals surface area contributed by atoms with Crippen molar-refractivity contribution in [3.63, 3.8) is 0 Å². The van der Waals surface area contributed by atoms with Crippen LogP contribution in [0.25, 0.3) is 21.7 Å². The minimum Gasteiger partial charge on any atom is -0.393 e. The van der Waals surface area contributed by atoms with E-state index in [1.165, 1.54) is 0 Å². The van der Waals surface area contributed by atoms with Crippen molar-refractivity contribution in [3.8, 4) is 0 Å². The van der Waals surface area contributed by atoms with Crippen LogP contribution < -0.4 is 60.2 Å². The highest BCUT2D eigenvalue weighted by atomic mass is 16.3. The molecule has 0 aliphatic carbocycles. The Labute approximate surface area is 493 Å². The first-order valence-electron chi connectivity index (χ1n) is 30.0. The minimum atomic E-state index is -1.37. The number of benzene rings is 3. The van der Waals surface area contributed by atoms with Gasteiger partial charge in [0.15, 0.2) is 11.6 Å². The lowest BCUT2D eigenvalue weighted by Crippen LogP contribution is -2.59. The van der Waals surface area contributed by atoms with Crippen LogP contribution in [0.15, 0.2) is 72.9 Å². The number of amides is 7. The normalized spacial score (nSPS) is 21.9. The second-order valence-corrected chi connectivity index (χ2v) is 22.7. The van der Waals surface area contributed by atoms with E-state index in [0.29, 0.717) is 17.5 Å². The highest BCUT2D eigenvalue weighted by Crippen LogP contribution is 2.22. The van der Waals surface area contributed by atoms with Gasteiger partial charge in [0, 0.05) is 61.2 Å². The predicted octanol–water partition coefficient (Wildman–Crippen LogP) is 2.24. The third kappa shape index (κ3) is 21.5. The topological polar surface area (TPSA) is 378 Å². The number of para-hydroxylation sites is 1. The van der Waals surface area contributed by atoms with Gasteiger partial charge in [-0.3, -0.25) is 43.2 Å². The molecule has 0 spiro atoms. The van der Waals surface area contributed by atoms with Crippen LogP contribution in [0.5, 0.6) is 0 Å². The Hall–Kier alpha value is -7.11. The summed E-state index contributed by atoms with van der Waals surface area (Å²) in [4.78, 5) is 133. The number of hydrogen-bond acceptors (Lipinski definition) is 14. The third-order valence-electron chi connectivity index (χ3n) is 15.4. The van der Waals surface area contributed by atoms with Gasteiger partial charge in [0.1, 0.15) is 24.2 Å². The first-order chi connectivity index (χ1) is 40.4. The molecular weight excluding hydrogens is 1070 g/mol. The predicted molar refractivity (Wildman–Crippen MR) is 323 cm³/mol. The second kappa shape index (κ2) is 35.2. The van der Waals surface area contributed by atoms with Gasteiger partial charge in [-0.25, -0.2) is 0 Å². The molecule has 4 aromatic rings. The van der Waals surface area contributed by atoms with Crippen molar-refractivity contribution in [3.05, 3.63) is 84.1 Å². The summed E-state index contributed by atoms with van der Waals surface area (Å²) in [5, 5.41) is 32.9. The van der Waals surface area contributed by atoms with Crippen molar-refractivity contribution in [1.29, 1.82) is 0 Å². The average Bonchev–Trinajstić information content (AvgIpc) is 4.12. The van der Waals surface area contributed by atoms with Gasteiger partial charge < -0.3 is 70.2 Å². The molecule has 22 heteroatoms. The first-order valence-corrected chi connectivity index (χ1v) is 30.0. The highest BCUT2D eigenvalue weighted by Gasteiger charge is 2.36. The Kier molecular flexibility index (Phi) is 28.4. The molecule has 0 saturated carbocycles. The number of nitrogens with one attached hydrogen (secondary N) is 8. The number of rotatable bonds is 26. The maximum Gasteiger partial charge on any atom is 0.243 e. The molecule has 22 nitrogen and oxygen atoms in total. The van der Waals surface area contributed by atoms with E-state index in [1.807, 2.05) is 80.6 Å². The van der Waals surface area contributed by atoms with Crippen molar-refractivity contribution in [2.24, 2.45) is 40.7 Å². The summed E-state index contributed by atoms with van der Waals surface area (Å²) in [6.07, 6.45) is 4.55. The number of hydrogen-bond donors (Lipinski definition) is 13. The molecule has 1 aliphatic heterocycles. The summed E-state index contributed by atoms with van der Waals surface area (Å²) in [6.45, 7) is 5.41. The molecule has 0 unspecified atom stereocenters. The quantitative estimate of drug-likeness (QED) is 0.0401.